The molecule has 0 bridgehead atoms. The maximum atomic E-state index is 11.7. The first-order valence-electron chi connectivity index (χ1n) is 10.7. The number of hydrogen-bond acceptors (Lipinski definition) is 3. The van der Waals surface area contributed by atoms with E-state index in [2.05, 4.69) is 41.1 Å². The van der Waals surface area contributed by atoms with Gasteiger partial charge in [-0.3, -0.25) is 4.79 Å². The molecular formula is C22H35IN4O2. The predicted octanol–water partition coefficient (Wildman–Crippen LogP) is 3.52. The lowest BCUT2D eigenvalue weighted by atomic mass is 10.1. The third-order valence-corrected chi connectivity index (χ3v) is 5.24. The second kappa shape index (κ2) is 12.2. The molecular weight excluding hydrogens is 479 g/mol. The molecule has 162 valence electrons. The monoisotopic (exact) mass is 514 g/mol. The summed E-state index contributed by atoms with van der Waals surface area (Å²) >= 11 is 0. The van der Waals surface area contributed by atoms with E-state index in [4.69, 9.17) is 9.73 Å². The molecule has 2 aliphatic carbocycles. The lowest BCUT2D eigenvalue weighted by molar-refractivity contribution is -0.122. The van der Waals surface area contributed by atoms with Gasteiger partial charge >= 0.3 is 0 Å². The SMILES string of the molecule is CCNC(=NCc1ccc(C)cc1OC1CCCC1)NCCNC(=O)C1CC1.I. The number of nitrogens with one attached hydrogen (secondary N) is 3. The van der Waals surface area contributed by atoms with Gasteiger partial charge in [0.2, 0.25) is 5.91 Å². The molecule has 2 fully saturated rings. The van der Waals surface area contributed by atoms with Crippen molar-refractivity contribution in [1.29, 1.82) is 0 Å². The Balaban J connectivity index is 0.00000300. The molecule has 2 aliphatic rings. The molecule has 3 rings (SSSR count). The van der Waals surface area contributed by atoms with Crippen LogP contribution in [0, 0.1) is 12.8 Å². The van der Waals surface area contributed by atoms with Gasteiger partial charge in [0.15, 0.2) is 5.96 Å². The Morgan fingerprint density at radius 3 is 2.52 bits per heavy atom. The number of aliphatic imine (C=N–C) groups is 1. The number of amides is 1. The number of halogens is 1. The van der Waals surface area contributed by atoms with Crippen LogP contribution in [0.4, 0.5) is 0 Å². The highest BCUT2D eigenvalue weighted by Crippen LogP contribution is 2.29. The first-order valence-corrected chi connectivity index (χ1v) is 10.7. The van der Waals surface area contributed by atoms with Gasteiger partial charge in [0.25, 0.3) is 0 Å². The Morgan fingerprint density at radius 2 is 1.83 bits per heavy atom. The number of ether oxygens (including phenoxy) is 1. The molecule has 6 nitrogen and oxygen atoms in total. The molecule has 1 amide bonds. The van der Waals surface area contributed by atoms with Crippen molar-refractivity contribution in [2.45, 2.75) is 65.0 Å². The molecule has 0 spiro atoms. The van der Waals surface area contributed by atoms with E-state index in [0.29, 0.717) is 25.7 Å². The zero-order chi connectivity index (χ0) is 19.8. The summed E-state index contributed by atoms with van der Waals surface area (Å²) in [6, 6.07) is 6.35. The quantitative estimate of drug-likeness (QED) is 0.204. The summed E-state index contributed by atoms with van der Waals surface area (Å²) in [4.78, 5) is 16.4. The molecule has 1 aromatic rings. The molecule has 29 heavy (non-hydrogen) atoms. The van der Waals surface area contributed by atoms with Gasteiger partial charge in [0.05, 0.1) is 12.6 Å². The van der Waals surface area contributed by atoms with Gasteiger partial charge in [0, 0.05) is 31.1 Å². The summed E-state index contributed by atoms with van der Waals surface area (Å²) in [6.45, 7) is 6.76. The van der Waals surface area contributed by atoms with Gasteiger partial charge in [-0.1, -0.05) is 12.1 Å². The van der Waals surface area contributed by atoms with Crippen molar-refractivity contribution in [2.24, 2.45) is 10.9 Å². The summed E-state index contributed by atoms with van der Waals surface area (Å²) < 4.78 is 6.28. The van der Waals surface area contributed by atoms with E-state index >= 15 is 0 Å². The third kappa shape index (κ3) is 8.03. The van der Waals surface area contributed by atoms with Gasteiger partial charge in [-0.05, 0) is 64.0 Å². The Kier molecular flexibility index (Phi) is 10.0. The standard InChI is InChI=1S/C22H34N4O2.HI/c1-3-23-22(25-13-12-24-21(27)17-10-11-17)26-15-18-9-8-16(2)14-20(18)28-19-6-4-5-7-19;/h8-9,14,17,19H,3-7,10-13,15H2,1-2H3,(H,24,27)(H2,23,25,26);1H. The van der Waals surface area contributed by atoms with Crippen LogP contribution in [0.2, 0.25) is 0 Å². The number of carbonyl (C=O) groups is 1. The number of hydrogen-bond donors (Lipinski definition) is 3. The van der Waals surface area contributed by atoms with Crippen molar-refractivity contribution in [2.75, 3.05) is 19.6 Å². The van der Waals surface area contributed by atoms with Crippen LogP contribution in [0.5, 0.6) is 5.75 Å². The molecule has 2 saturated carbocycles. The van der Waals surface area contributed by atoms with E-state index in [0.717, 1.165) is 49.5 Å². The van der Waals surface area contributed by atoms with Crippen LogP contribution < -0.4 is 20.7 Å². The molecule has 0 radical (unpaired) electrons. The fourth-order valence-electron chi connectivity index (χ4n) is 3.45. The van der Waals surface area contributed by atoms with Gasteiger partial charge in [0.1, 0.15) is 5.75 Å². The summed E-state index contributed by atoms with van der Waals surface area (Å²) in [5.41, 5.74) is 2.31. The summed E-state index contributed by atoms with van der Waals surface area (Å²) in [7, 11) is 0. The van der Waals surface area contributed by atoms with Crippen molar-refractivity contribution < 1.29 is 9.53 Å². The normalized spacial score (nSPS) is 16.8. The fraction of sp³-hybridized carbons (Fsp3) is 0.636. The van der Waals surface area contributed by atoms with Crippen LogP contribution in [-0.4, -0.2) is 37.6 Å². The molecule has 0 heterocycles. The Hall–Kier alpha value is -1.51. The molecule has 7 heteroatoms. The number of nitrogens with zero attached hydrogens (tertiary/aromatic N) is 1. The average Bonchev–Trinajstić information content (AvgIpc) is 3.42. The zero-order valence-corrected chi connectivity index (χ0v) is 20.0. The summed E-state index contributed by atoms with van der Waals surface area (Å²) in [6.07, 6.45) is 7.22. The number of aryl methyl sites for hydroxylation is 1. The van der Waals surface area contributed by atoms with Crippen molar-refractivity contribution in [3.05, 3.63) is 29.3 Å². The van der Waals surface area contributed by atoms with Gasteiger partial charge < -0.3 is 20.7 Å². The fourth-order valence-corrected chi connectivity index (χ4v) is 3.45. The van der Waals surface area contributed by atoms with Crippen LogP contribution in [0.25, 0.3) is 0 Å². The number of benzene rings is 1. The van der Waals surface area contributed by atoms with E-state index < -0.39 is 0 Å². The molecule has 0 unspecified atom stereocenters. The maximum Gasteiger partial charge on any atom is 0.223 e. The van der Waals surface area contributed by atoms with Crippen LogP contribution in [0.15, 0.2) is 23.2 Å². The minimum absolute atomic E-state index is 0. The average molecular weight is 514 g/mol. The second-order valence-electron chi connectivity index (χ2n) is 7.82. The van der Waals surface area contributed by atoms with E-state index in [1.165, 1.54) is 18.4 Å². The van der Waals surface area contributed by atoms with E-state index in [-0.39, 0.29) is 35.8 Å². The highest BCUT2D eigenvalue weighted by molar-refractivity contribution is 14.0. The van der Waals surface area contributed by atoms with Crippen LogP contribution >= 0.6 is 24.0 Å². The number of guanidine groups is 1. The minimum atomic E-state index is 0. The summed E-state index contributed by atoms with van der Waals surface area (Å²) in [5, 5.41) is 9.53. The molecule has 0 aliphatic heterocycles. The molecule has 0 saturated heterocycles. The minimum Gasteiger partial charge on any atom is -0.490 e. The molecule has 1 aromatic carbocycles. The van der Waals surface area contributed by atoms with Gasteiger partial charge in [-0.25, -0.2) is 4.99 Å². The molecule has 0 atom stereocenters. The molecule has 3 N–H and O–H groups in total. The highest BCUT2D eigenvalue weighted by atomic mass is 127. The van der Waals surface area contributed by atoms with Crippen molar-refractivity contribution in [1.82, 2.24) is 16.0 Å². The predicted molar refractivity (Wildman–Crippen MR) is 128 cm³/mol. The van der Waals surface area contributed by atoms with Crippen molar-refractivity contribution in [3.8, 4) is 5.75 Å². The van der Waals surface area contributed by atoms with Crippen molar-refractivity contribution >= 4 is 35.8 Å². The van der Waals surface area contributed by atoms with E-state index in [1.54, 1.807) is 0 Å². The smallest absolute Gasteiger partial charge is 0.223 e. The zero-order valence-electron chi connectivity index (χ0n) is 17.6. The maximum absolute atomic E-state index is 11.7. The topological polar surface area (TPSA) is 74.8 Å². The Morgan fingerprint density at radius 1 is 1.10 bits per heavy atom. The van der Waals surface area contributed by atoms with Crippen LogP contribution in [-0.2, 0) is 11.3 Å². The lowest BCUT2D eigenvalue weighted by Crippen LogP contribution is -2.41. The van der Waals surface area contributed by atoms with E-state index in [9.17, 15) is 4.79 Å². The van der Waals surface area contributed by atoms with Crippen molar-refractivity contribution in [3.63, 3.8) is 0 Å². The first-order chi connectivity index (χ1) is 13.7. The number of carbonyl (C=O) groups excluding carboxylic acids is 1. The first kappa shape index (κ1) is 23.8. The third-order valence-electron chi connectivity index (χ3n) is 5.24. The Labute approximate surface area is 191 Å². The van der Waals surface area contributed by atoms with Crippen LogP contribution in [0.3, 0.4) is 0 Å². The van der Waals surface area contributed by atoms with Gasteiger partial charge in [-0.2, -0.15) is 0 Å². The van der Waals surface area contributed by atoms with E-state index in [1.807, 2.05) is 6.92 Å². The summed E-state index contributed by atoms with van der Waals surface area (Å²) in [5.74, 6) is 2.15. The Bertz CT molecular complexity index is 685. The second-order valence-corrected chi connectivity index (χ2v) is 7.82. The lowest BCUT2D eigenvalue weighted by Gasteiger charge is -2.17. The molecule has 0 aromatic heterocycles. The largest absolute Gasteiger partial charge is 0.490 e. The van der Waals surface area contributed by atoms with Gasteiger partial charge in [-0.15, -0.1) is 24.0 Å². The number of rotatable bonds is 9. The van der Waals surface area contributed by atoms with Crippen LogP contribution in [0.1, 0.15) is 56.6 Å². The highest BCUT2D eigenvalue weighted by Gasteiger charge is 2.28.